The van der Waals surface area contributed by atoms with Gasteiger partial charge < -0.3 is 0 Å². The normalized spacial score (nSPS) is 10.9. The Morgan fingerprint density at radius 2 is 1.29 bits per heavy atom. The standard InChI is InChI=1S/C13H16Br4/c1-3-4-5-6-7-9-12(16)10(14)8(2)11(15)13(9)17/h3-7H2,1-2H3. The van der Waals surface area contributed by atoms with Gasteiger partial charge in [0.15, 0.2) is 0 Å². The summed E-state index contributed by atoms with van der Waals surface area (Å²) in [5.74, 6) is 0. The van der Waals surface area contributed by atoms with E-state index >= 15 is 0 Å². The summed E-state index contributed by atoms with van der Waals surface area (Å²) in [6, 6.07) is 0. The van der Waals surface area contributed by atoms with E-state index in [0.717, 1.165) is 15.4 Å². The van der Waals surface area contributed by atoms with Gasteiger partial charge in [0.1, 0.15) is 0 Å². The average molecular weight is 492 g/mol. The molecule has 0 aliphatic rings. The van der Waals surface area contributed by atoms with Crippen molar-refractivity contribution in [1.29, 1.82) is 0 Å². The summed E-state index contributed by atoms with van der Waals surface area (Å²) in [5.41, 5.74) is 2.58. The van der Waals surface area contributed by atoms with Crippen molar-refractivity contribution in [1.82, 2.24) is 0 Å². The zero-order valence-electron chi connectivity index (χ0n) is 10.0. The van der Waals surface area contributed by atoms with Crippen LogP contribution in [0.5, 0.6) is 0 Å². The minimum absolute atomic E-state index is 1.11. The maximum Gasteiger partial charge on any atom is 0.0364 e. The van der Waals surface area contributed by atoms with Crippen LogP contribution in [-0.2, 0) is 6.42 Å². The first kappa shape index (κ1) is 16.2. The van der Waals surface area contributed by atoms with Crippen molar-refractivity contribution in [2.45, 2.75) is 46.0 Å². The van der Waals surface area contributed by atoms with E-state index in [2.05, 4.69) is 77.6 Å². The van der Waals surface area contributed by atoms with E-state index in [9.17, 15) is 0 Å². The van der Waals surface area contributed by atoms with Crippen LogP contribution >= 0.6 is 63.7 Å². The molecule has 0 fully saturated rings. The van der Waals surface area contributed by atoms with Crippen LogP contribution in [0.15, 0.2) is 17.9 Å². The fraction of sp³-hybridized carbons (Fsp3) is 0.538. The molecule has 0 radical (unpaired) electrons. The van der Waals surface area contributed by atoms with Gasteiger partial charge in [0.25, 0.3) is 0 Å². The number of rotatable bonds is 5. The van der Waals surface area contributed by atoms with Crippen molar-refractivity contribution >= 4 is 63.7 Å². The summed E-state index contributed by atoms with van der Waals surface area (Å²) in [7, 11) is 0. The van der Waals surface area contributed by atoms with Crippen LogP contribution in [0, 0.1) is 6.92 Å². The molecule has 0 aliphatic heterocycles. The van der Waals surface area contributed by atoms with Crippen LogP contribution in [-0.4, -0.2) is 0 Å². The SMILES string of the molecule is CCCCCCc1c(Br)c(Br)c(C)c(Br)c1Br. The highest BCUT2D eigenvalue weighted by Gasteiger charge is 2.15. The van der Waals surface area contributed by atoms with Crippen molar-refractivity contribution in [3.8, 4) is 0 Å². The zero-order chi connectivity index (χ0) is 13.0. The third-order valence-corrected chi connectivity index (χ3v) is 7.65. The molecular formula is C13H16Br4. The summed E-state index contributed by atoms with van der Waals surface area (Å²) >= 11 is 14.7. The molecule has 17 heavy (non-hydrogen) atoms. The molecule has 0 nitrogen and oxygen atoms in total. The van der Waals surface area contributed by atoms with Gasteiger partial charge in [-0.2, -0.15) is 0 Å². The van der Waals surface area contributed by atoms with Gasteiger partial charge in [0.2, 0.25) is 0 Å². The molecule has 0 N–H and O–H groups in total. The number of benzene rings is 1. The fourth-order valence-electron chi connectivity index (χ4n) is 1.73. The van der Waals surface area contributed by atoms with Gasteiger partial charge in [-0.15, -0.1) is 0 Å². The van der Waals surface area contributed by atoms with Crippen LogP contribution in [0.2, 0.25) is 0 Å². The molecule has 0 aliphatic carbocycles. The molecule has 1 aromatic rings. The summed E-state index contributed by atoms with van der Waals surface area (Å²) < 4.78 is 4.67. The second-order valence-electron chi connectivity index (χ2n) is 4.17. The topological polar surface area (TPSA) is 0 Å². The Hall–Kier alpha value is 1.14. The molecule has 0 atom stereocenters. The molecule has 0 saturated carbocycles. The van der Waals surface area contributed by atoms with Crippen LogP contribution in [0.4, 0.5) is 0 Å². The van der Waals surface area contributed by atoms with Crippen LogP contribution in [0.3, 0.4) is 0 Å². The first-order chi connectivity index (χ1) is 8.00. The van der Waals surface area contributed by atoms with Crippen LogP contribution in [0.1, 0.15) is 43.7 Å². The summed E-state index contributed by atoms with van der Waals surface area (Å²) in [6.45, 7) is 4.34. The van der Waals surface area contributed by atoms with Gasteiger partial charge in [-0.25, -0.2) is 0 Å². The van der Waals surface area contributed by atoms with E-state index in [0.29, 0.717) is 0 Å². The molecule has 0 spiro atoms. The molecule has 0 heterocycles. The maximum atomic E-state index is 3.69. The summed E-state index contributed by atoms with van der Waals surface area (Å²) in [5, 5.41) is 0. The summed E-state index contributed by atoms with van der Waals surface area (Å²) in [4.78, 5) is 0. The molecule has 0 saturated heterocycles. The predicted octanol–water partition coefficient (Wildman–Crippen LogP) is 7.17. The van der Waals surface area contributed by atoms with E-state index < -0.39 is 0 Å². The molecule has 1 rings (SSSR count). The van der Waals surface area contributed by atoms with E-state index in [1.54, 1.807) is 0 Å². The Morgan fingerprint density at radius 1 is 0.765 bits per heavy atom. The molecule has 96 valence electrons. The molecular weight excluding hydrogens is 476 g/mol. The van der Waals surface area contributed by atoms with Crippen molar-refractivity contribution in [3.63, 3.8) is 0 Å². The van der Waals surface area contributed by atoms with E-state index in [1.165, 1.54) is 45.8 Å². The Balaban J connectivity index is 2.92. The monoisotopic (exact) mass is 488 g/mol. The highest BCUT2D eigenvalue weighted by atomic mass is 79.9. The van der Waals surface area contributed by atoms with Gasteiger partial charge in [0, 0.05) is 17.9 Å². The van der Waals surface area contributed by atoms with Gasteiger partial charge in [-0.05, 0) is 94.6 Å². The van der Waals surface area contributed by atoms with Crippen molar-refractivity contribution in [3.05, 3.63) is 29.0 Å². The molecule has 0 unspecified atom stereocenters. The smallest absolute Gasteiger partial charge is 0.0364 e. The van der Waals surface area contributed by atoms with Crippen molar-refractivity contribution in [2.75, 3.05) is 0 Å². The van der Waals surface area contributed by atoms with Crippen molar-refractivity contribution in [2.24, 2.45) is 0 Å². The number of unbranched alkanes of at least 4 members (excludes halogenated alkanes) is 3. The fourth-order valence-corrected chi connectivity index (χ4v) is 4.53. The first-order valence-electron chi connectivity index (χ1n) is 5.82. The lowest BCUT2D eigenvalue weighted by molar-refractivity contribution is 0.665. The third-order valence-electron chi connectivity index (χ3n) is 2.85. The highest BCUT2D eigenvalue weighted by molar-refractivity contribution is 9.14. The van der Waals surface area contributed by atoms with E-state index in [4.69, 9.17) is 0 Å². The minimum atomic E-state index is 1.11. The molecule has 0 amide bonds. The summed E-state index contributed by atoms with van der Waals surface area (Å²) in [6.07, 6.45) is 6.26. The largest absolute Gasteiger partial charge is 0.0654 e. The van der Waals surface area contributed by atoms with Gasteiger partial charge >= 0.3 is 0 Å². The van der Waals surface area contributed by atoms with Gasteiger partial charge in [0.05, 0.1) is 0 Å². The Labute approximate surface area is 137 Å². The Morgan fingerprint density at radius 3 is 1.76 bits per heavy atom. The van der Waals surface area contributed by atoms with Gasteiger partial charge in [-0.1, -0.05) is 26.2 Å². The maximum absolute atomic E-state index is 3.69. The quantitative estimate of drug-likeness (QED) is 0.302. The third kappa shape index (κ3) is 4.05. The number of halogens is 4. The van der Waals surface area contributed by atoms with Crippen LogP contribution in [0.25, 0.3) is 0 Å². The Kier molecular flexibility index (Phi) is 7.30. The molecule has 0 bridgehead atoms. The molecule has 1 aromatic carbocycles. The zero-order valence-corrected chi connectivity index (χ0v) is 16.4. The lowest BCUT2D eigenvalue weighted by Crippen LogP contribution is -1.95. The average Bonchev–Trinajstić information content (AvgIpc) is 2.33. The number of hydrogen-bond donors (Lipinski definition) is 0. The second-order valence-corrected chi connectivity index (χ2v) is 7.34. The van der Waals surface area contributed by atoms with Crippen LogP contribution < -0.4 is 0 Å². The van der Waals surface area contributed by atoms with Crippen molar-refractivity contribution < 1.29 is 0 Å². The lowest BCUT2D eigenvalue weighted by atomic mass is 10.0. The van der Waals surface area contributed by atoms with E-state index in [-0.39, 0.29) is 0 Å². The highest BCUT2D eigenvalue weighted by Crippen LogP contribution is 2.41. The molecule has 4 heteroatoms. The molecule has 0 aromatic heterocycles. The lowest BCUT2D eigenvalue weighted by Gasteiger charge is -2.14. The number of hydrogen-bond acceptors (Lipinski definition) is 0. The second kappa shape index (κ2) is 7.66. The first-order valence-corrected chi connectivity index (χ1v) is 8.99. The van der Waals surface area contributed by atoms with Gasteiger partial charge in [-0.3, -0.25) is 0 Å². The predicted molar refractivity (Wildman–Crippen MR) is 89.8 cm³/mol. The van der Waals surface area contributed by atoms with E-state index in [1.807, 2.05) is 0 Å². The minimum Gasteiger partial charge on any atom is -0.0654 e. The Bertz CT molecular complexity index is 370.